The zero-order valence-corrected chi connectivity index (χ0v) is 26.5. The number of anilines is 1. The predicted molar refractivity (Wildman–Crippen MR) is 156 cm³/mol. The highest BCUT2D eigenvalue weighted by molar-refractivity contribution is 8.07. The molecule has 9 atom stereocenters. The van der Waals surface area contributed by atoms with Crippen LogP contribution in [-0.4, -0.2) is 88.8 Å². The molecule has 238 valence electrons. The molecule has 2 aliphatic heterocycles. The summed E-state index contributed by atoms with van der Waals surface area (Å²) in [5.74, 6) is 0.169. The zero-order valence-electron chi connectivity index (χ0n) is 23.9. The quantitative estimate of drug-likeness (QED) is 0.291. The maximum atomic E-state index is 13.1. The SMILES string of the molecule is CC(C)(C)Nc1nc2c(ncn2[C@@H]2O[C@@H]3COP(O)(=S)O[C@H]4C[C@H](Oc5ccncn5)C[C@@H]4CO[P+](=O)O[C@@H]2[C@@H]3O)c(=O)[nH]1. The first kappa shape index (κ1) is 31.5. The first-order valence-corrected chi connectivity index (χ1v) is 17.5. The fraction of sp³-hybridized carbons (Fsp3) is 0.625. The number of hydrogen-bond acceptors (Lipinski definition) is 15. The van der Waals surface area contributed by atoms with Crippen molar-refractivity contribution >= 4 is 43.9 Å². The molecule has 3 fully saturated rings. The van der Waals surface area contributed by atoms with Crippen molar-refractivity contribution in [2.75, 3.05) is 18.5 Å². The second kappa shape index (κ2) is 12.4. The molecule has 44 heavy (non-hydrogen) atoms. The number of nitrogens with one attached hydrogen (secondary N) is 2. The Hall–Kier alpha value is -2.50. The molecule has 3 aliphatic rings. The molecule has 6 rings (SSSR count). The summed E-state index contributed by atoms with van der Waals surface area (Å²) >= 11 is 5.29. The molecule has 2 unspecified atom stereocenters. The molecule has 2 saturated heterocycles. The first-order chi connectivity index (χ1) is 20.8. The standard InChI is InChI=1S/C24H31N7O10P2S/c1-24(2,3)30-23-28-20-17(21(33)29-23)27-11-31(20)22-19-18(32)15(39-22)9-37-43(35,44)41-14-7-13(38-16-4-5-25-10-26-16)6-12(14)8-36-42(34)40-19/h4-5,10-15,18-19,22,32H,6-9H2,1-3H3,(H2-,28,29,30,33,35,44)/p+1/t12-,13-,14+,15-,18-,19-,22-,43?/m1/s1. The third-order valence-corrected chi connectivity index (χ3v) is 9.58. The fourth-order valence-corrected chi connectivity index (χ4v) is 7.65. The number of rotatable bonds is 4. The molecule has 17 nitrogen and oxygen atoms in total. The molecule has 0 radical (unpaired) electrons. The fourth-order valence-electron chi connectivity index (χ4n) is 5.33. The van der Waals surface area contributed by atoms with E-state index < -0.39 is 56.7 Å². The lowest BCUT2D eigenvalue weighted by Crippen LogP contribution is -2.34. The van der Waals surface area contributed by atoms with Crippen molar-refractivity contribution in [3.63, 3.8) is 0 Å². The van der Waals surface area contributed by atoms with Crippen molar-refractivity contribution in [1.82, 2.24) is 29.5 Å². The van der Waals surface area contributed by atoms with E-state index in [1.54, 1.807) is 12.3 Å². The van der Waals surface area contributed by atoms with E-state index in [1.807, 2.05) is 20.8 Å². The van der Waals surface area contributed by atoms with Gasteiger partial charge >= 0.3 is 15.0 Å². The second-order valence-electron chi connectivity index (χ2n) is 11.7. The number of hydrogen-bond donors (Lipinski definition) is 4. The average Bonchev–Trinajstić information content (AvgIpc) is 3.61. The Kier molecular flexibility index (Phi) is 8.84. The van der Waals surface area contributed by atoms with Crippen LogP contribution in [0.2, 0.25) is 0 Å². The second-order valence-corrected chi connectivity index (χ2v) is 15.4. The van der Waals surface area contributed by atoms with Gasteiger partial charge in [-0.05, 0) is 39.0 Å². The molecular weight excluding hydrogens is 640 g/mol. The van der Waals surface area contributed by atoms with Gasteiger partial charge < -0.3 is 33.8 Å². The summed E-state index contributed by atoms with van der Waals surface area (Å²) in [6.45, 7) is 1.38. The average molecular weight is 673 g/mol. The van der Waals surface area contributed by atoms with E-state index in [-0.39, 0.29) is 42.3 Å². The van der Waals surface area contributed by atoms with Crippen LogP contribution in [0.1, 0.15) is 39.8 Å². The van der Waals surface area contributed by atoms with Crippen LogP contribution >= 0.6 is 15.0 Å². The molecule has 0 amide bonds. The van der Waals surface area contributed by atoms with Crippen molar-refractivity contribution in [3.05, 3.63) is 35.3 Å². The molecule has 1 aliphatic carbocycles. The molecule has 5 heterocycles. The highest BCUT2D eigenvalue weighted by atomic mass is 32.5. The number of H-pyrrole nitrogens is 1. The number of aliphatic hydroxyl groups excluding tert-OH is 1. The lowest BCUT2D eigenvalue weighted by Gasteiger charge is -2.25. The normalized spacial score (nSPS) is 34.1. The Labute approximate surface area is 256 Å². The van der Waals surface area contributed by atoms with Gasteiger partial charge in [0.1, 0.15) is 31.2 Å². The van der Waals surface area contributed by atoms with Crippen LogP contribution in [0.15, 0.2) is 29.7 Å². The summed E-state index contributed by atoms with van der Waals surface area (Å²) in [6, 6.07) is 1.62. The van der Waals surface area contributed by atoms with Gasteiger partial charge in [-0.25, -0.2) is 15.0 Å². The molecule has 3 aromatic rings. The van der Waals surface area contributed by atoms with Crippen molar-refractivity contribution in [1.29, 1.82) is 0 Å². The number of imidazole rings is 1. The highest BCUT2D eigenvalue weighted by Crippen LogP contribution is 2.51. The summed E-state index contributed by atoms with van der Waals surface area (Å²) in [5, 5.41) is 14.3. The largest absolute Gasteiger partial charge is 0.697 e. The van der Waals surface area contributed by atoms with Crippen molar-refractivity contribution in [2.45, 2.75) is 75.9 Å². The maximum absolute atomic E-state index is 13.1. The van der Waals surface area contributed by atoms with Crippen LogP contribution in [0.5, 0.6) is 5.88 Å². The van der Waals surface area contributed by atoms with Gasteiger partial charge in [0.05, 0.1) is 19.0 Å². The number of fused-ring (bicyclic) bond motifs is 4. The monoisotopic (exact) mass is 672 g/mol. The van der Waals surface area contributed by atoms with E-state index in [0.717, 1.165) is 0 Å². The van der Waals surface area contributed by atoms with E-state index in [0.29, 0.717) is 18.7 Å². The van der Waals surface area contributed by atoms with Crippen molar-refractivity contribution < 1.29 is 42.1 Å². The van der Waals surface area contributed by atoms with Crippen LogP contribution in [0.4, 0.5) is 5.95 Å². The molecular formula is C24H32N7O10P2S+. The summed E-state index contributed by atoms with van der Waals surface area (Å²) in [5.41, 5.74) is -0.777. The number of ether oxygens (including phenoxy) is 2. The third-order valence-electron chi connectivity index (χ3n) is 7.21. The van der Waals surface area contributed by atoms with Crippen molar-refractivity contribution in [2.24, 2.45) is 5.92 Å². The van der Waals surface area contributed by atoms with E-state index in [4.69, 9.17) is 39.4 Å². The minimum atomic E-state index is -3.85. The number of aromatic nitrogens is 6. The third kappa shape index (κ3) is 6.99. The Morgan fingerprint density at radius 2 is 2.07 bits per heavy atom. The maximum Gasteiger partial charge on any atom is 0.697 e. The van der Waals surface area contributed by atoms with Crippen LogP contribution < -0.4 is 15.6 Å². The Bertz CT molecular complexity index is 1620. The summed E-state index contributed by atoms with van der Waals surface area (Å²) in [7, 11) is -2.79. The van der Waals surface area contributed by atoms with Gasteiger partial charge in [0, 0.05) is 34.7 Å². The van der Waals surface area contributed by atoms with Crippen LogP contribution in [0.25, 0.3) is 11.2 Å². The van der Waals surface area contributed by atoms with E-state index in [2.05, 4.69) is 30.2 Å². The molecule has 1 saturated carbocycles. The molecule has 20 heteroatoms. The lowest BCUT2D eigenvalue weighted by molar-refractivity contribution is -0.0500. The summed E-state index contributed by atoms with van der Waals surface area (Å²) in [6.07, 6.45) is -0.977. The van der Waals surface area contributed by atoms with Crippen LogP contribution in [0, 0.1) is 5.92 Å². The summed E-state index contributed by atoms with van der Waals surface area (Å²) < 4.78 is 49.3. The van der Waals surface area contributed by atoms with Gasteiger partial charge in [0.25, 0.3) is 5.56 Å². The first-order valence-electron chi connectivity index (χ1n) is 13.8. The van der Waals surface area contributed by atoms with E-state index in [9.17, 15) is 19.4 Å². The predicted octanol–water partition coefficient (Wildman–Crippen LogP) is 1.93. The van der Waals surface area contributed by atoms with Gasteiger partial charge in [-0.3, -0.25) is 14.3 Å². The van der Waals surface area contributed by atoms with Gasteiger partial charge in [-0.1, -0.05) is 0 Å². The molecule has 3 aromatic heterocycles. The minimum absolute atomic E-state index is 0.0151. The number of aromatic amines is 1. The number of aliphatic hydroxyl groups is 1. The molecule has 2 bridgehead atoms. The van der Waals surface area contributed by atoms with E-state index in [1.165, 1.54) is 17.2 Å². The van der Waals surface area contributed by atoms with Gasteiger partial charge in [-0.15, -0.1) is 9.05 Å². The topological polar surface area (TPSA) is 214 Å². The number of nitrogens with zero attached hydrogens (tertiary/aromatic N) is 5. The Morgan fingerprint density at radius 1 is 1.25 bits per heavy atom. The summed E-state index contributed by atoms with van der Waals surface area (Å²) in [4.78, 5) is 43.0. The Balaban J connectivity index is 1.25. The molecule has 0 spiro atoms. The highest BCUT2D eigenvalue weighted by Gasteiger charge is 2.53. The smallest absolute Gasteiger partial charge is 0.474 e. The Morgan fingerprint density at radius 3 is 2.82 bits per heavy atom. The van der Waals surface area contributed by atoms with E-state index >= 15 is 0 Å². The van der Waals surface area contributed by atoms with Crippen LogP contribution in [-0.2, 0) is 39.2 Å². The van der Waals surface area contributed by atoms with Gasteiger partial charge in [0.2, 0.25) is 11.8 Å². The molecule has 4 N–H and O–H groups in total. The zero-order chi connectivity index (χ0) is 31.2. The van der Waals surface area contributed by atoms with Crippen molar-refractivity contribution in [3.8, 4) is 5.88 Å². The lowest BCUT2D eigenvalue weighted by atomic mass is 10.1. The van der Waals surface area contributed by atoms with Gasteiger partial charge in [-0.2, -0.15) is 4.98 Å². The van der Waals surface area contributed by atoms with Crippen LogP contribution in [0.3, 0.4) is 0 Å². The van der Waals surface area contributed by atoms with Gasteiger partial charge in [0.15, 0.2) is 23.5 Å². The molecule has 0 aromatic carbocycles. The minimum Gasteiger partial charge on any atom is -0.474 e.